The summed E-state index contributed by atoms with van der Waals surface area (Å²) in [4.78, 5) is 26.7. The van der Waals surface area contributed by atoms with Gasteiger partial charge < -0.3 is 10.2 Å². The number of fused-ring (bicyclic) bond motifs is 1. The number of benzene rings is 2. The highest BCUT2D eigenvalue weighted by Gasteiger charge is 2.37. The number of carbonyl (C=O) groups is 2. The van der Waals surface area contributed by atoms with Crippen molar-refractivity contribution in [2.45, 2.75) is 23.8 Å². The van der Waals surface area contributed by atoms with Crippen molar-refractivity contribution in [3.63, 3.8) is 0 Å². The minimum Gasteiger partial charge on any atom is -0.349 e. The molecule has 2 heterocycles. The van der Waals surface area contributed by atoms with Gasteiger partial charge in [-0.3, -0.25) is 9.59 Å². The van der Waals surface area contributed by atoms with E-state index in [9.17, 15) is 22.8 Å². The molecule has 146 valence electrons. The van der Waals surface area contributed by atoms with Gasteiger partial charge in [-0.15, -0.1) is 11.8 Å². The highest BCUT2D eigenvalue weighted by molar-refractivity contribution is 7.99. The molecule has 0 radical (unpaired) electrons. The first-order chi connectivity index (χ1) is 13.4. The quantitative estimate of drug-likeness (QED) is 0.843. The van der Waals surface area contributed by atoms with Gasteiger partial charge in [-0.2, -0.15) is 0 Å². The number of rotatable bonds is 3. The van der Waals surface area contributed by atoms with Crippen molar-refractivity contribution in [3.8, 4) is 0 Å². The van der Waals surface area contributed by atoms with Crippen LogP contribution in [0.3, 0.4) is 0 Å². The molecule has 0 aromatic heterocycles. The lowest BCUT2D eigenvalue weighted by atomic mass is 10.0. The first kappa shape index (κ1) is 18.9. The van der Waals surface area contributed by atoms with Crippen LogP contribution in [0.2, 0.25) is 0 Å². The van der Waals surface area contributed by atoms with Gasteiger partial charge in [0.1, 0.15) is 17.5 Å². The molecule has 4 rings (SSSR count). The Hall–Kier alpha value is -2.48. The Balaban J connectivity index is 1.48. The molecule has 28 heavy (non-hydrogen) atoms. The van der Waals surface area contributed by atoms with E-state index in [2.05, 4.69) is 5.32 Å². The Bertz CT molecular complexity index is 953. The first-order valence-electron chi connectivity index (χ1n) is 8.91. The van der Waals surface area contributed by atoms with Gasteiger partial charge >= 0.3 is 0 Å². The third-order valence-electron chi connectivity index (χ3n) is 5.04. The zero-order valence-electron chi connectivity index (χ0n) is 14.8. The third-order valence-corrected chi connectivity index (χ3v) is 6.20. The molecule has 4 nitrogen and oxygen atoms in total. The van der Waals surface area contributed by atoms with Gasteiger partial charge in [0.15, 0.2) is 0 Å². The second-order valence-electron chi connectivity index (χ2n) is 6.86. The van der Waals surface area contributed by atoms with Crippen LogP contribution in [0.15, 0.2) is 41.3 Å². The van der Waals surface area contributed by atoms with Crippen molar-refractivity contribution in [1.29, 1.82) is 0 Å². The summed E-state index contributed by atoms with van der Waals surface area (Å²) in [5.41, 5.74) is 0.693. The molecule has 2 atom stereocenters. The van der Waals surface area contributed by atoms with E-state index in [1.807, 2.05) is 0 Å². The topological polar surface area (TPSA) is 49.4 Å². The van der Waals surface area contributed by atoms with Gasteiger partial charge in [-0.25, -0.2) is 13.2 Å². The first-order valence-corrected chi connectivity index (χ1v) is 9.89. The molecule has 0 bridgehead atoms. The fourth-order valence-electron chi connectivity index (χ4n) is 3.64. The molecule has 2 aliphatic heterocycles. The van der Waals surface area contributed by atoms with E-state index < -0.39 is 23.5 Å². The summed E-state index contributed by atoms with van der Waals surface area (Å²) in [6.07, 6.45) is 0.601. The number of hydrogen-bond donors (Lipinski definition) is 1. The summed E-state index contributed by atoms with van der Waals surface area (Å²) in [6, 6.07) is 7.44. The summed E-state index contributed by atoms with van der Waals surface area (Å²) in [5, 5.41) is 2.91. The molecule has 2 aromatic carbocycles. The lowest BCUT2D eigenvalue weighted by molar-refractivity contribution is -0.127. The number of halogens is 3. The van der Waals surface area contributed by atoms with E-state index in [1.165, 1.54) is 28.8 Å². The highest BCUT2D eigenvalue weighted by Crippen LogP contribution is 2.38. The molecule has 2 unspecified atom stereocenters. The lowest BCUT2D eigenvalue weighted by Crippen LogP contribution is -2.37. The molecule has 0 saturated carbocycles. The molecule has 0 spiro atoms. The zero-order chi connectivity index (χ0) is 19.8. The molecule has 1 N–H and O–H groups in total. The van der Waals surface area contributed by atoms with Crippen LogP contribution in [0.25, 0.3) is 0 Å². The maximum atomic E-state index is 14.0. The van der Waals surface area contributed by atoms with Crippen molar-refractivity contribution in [1.82, 2.24) is 5.32 Å². The van der Waals surface area contributed by atoms with Crippen LogP contribution in [-0.2, 0) is 9.59 Å². The lowest BCUT2D eigenvalue weighted by Gasteiger charge is -2.27. The number of hydrogen-bond acceptors (Lipinski definition) is 3. The van der Waals surface area contributed by atoms with Gasteiger partial charge in [-0.1, -0.05) is 12.1 Å². The number of carbonyl (C=O) groups excluding carboxylic acids is 2. The van der Waals surface area contributed by atoms with Crippen LogP contribution in [0.1, 0.15) is 24.4 Å². The van der Waals surface area contributed by atoms with Crippen LogP contribution in [0, 0.1) is 23.4 Å². The maximum absolute atomic E-state index is 14.0. The average molecular weight is 406 g/mol. The van der Waals surface area contributed by atoms with Crippen molar-refractivity contribution in [2.24, 2.45) is 5.92 Å². The number of amides is 2. The fraction of sp³-hybridized carbons (Fsp3) is 0.300. The average Bonchev–Trinajstić information content (AvgIpc) is 3.04. The van der Waals surface area contributed by atoms with Crippen LogP contribution in [0.4, 0.5) is 18.9 Å². The smallest absolute Gasteiger partial charge is 0.227 e. The molecule has 2 aromatic rings. The van der Waals surface area contributed by atoms with Gasteiger partial charge in [0.05, 0.1) is 17.6 Å². The van der Waals surface area contributed by atoms with E-state index in [1.54, 1.807) is 12.1 Å². The Morgan fingerprint density at radius 3 is 2.75 bits per heavy atom. The number of nitrogens with one attached hydrogen (secondary N) is 1. The summed E-state index contributed by atoms with van der Waals surface area (Å²) in [5.74, 6) is -2.58. The maximum Gasteiger partial charge on any atom is 0.227 e. The van der Waals surface area contributed by atoms with Crippen LogP contribution in [-0.4, -0.2) is 24.1 Å². The van der Waals surface area contributed by atoms with Crippen LogP contribution >= 0.6 is 11.8 Å². The zero-order valence-corrected chi connectivity index (χ0v) is 15.6. The fourth-order valence-corrected chi connectivity index (χ4v) is 4.78. The number of thioether (sulfide) groups is 1. The second kappa shape index (κ2) is 7.50. The van der Waals surface area contributed by atoms with Gasteiger partial charge in [0, 0.05) is 29.7 Å². The van der Waals surface area contributed by atoms with Crippen molar-refractivity contribution >= 4 is 29.3 Å². The van der Waals surface area contributed by atoms with E-state index in [4.69, 9.17) is 0 Å². The van der Waals surface area contributed by atoms with Crippen LogP contribution < -0.4 is 10.2 Å². The van der Waals surface area contributed by atoms with Crippen LogP contribution in [0.5, 0.6) is 0 Å². The molecule has 1 fully saturated rings. The summed E-state index contributed by atoms with van der Waals surface area (Å²) in [7, 11) is 0. The molecular formula is C20H17F3N2O2S. The Labute approximate surface area is 164 Å². The molecule has 1 saturated heterocycles. The number of anilines is 1. The van der Waals surface area contributed by atoms with Crippen molar-refractivity contribution < 1.29 is 22.8 Å². The van der Waals surface area contributed by atoms with Gasteiger partial charge in [-0.05, 0) is 30.2 Å². The second-order valence-corrected chi connectivity index (χ2v) is 7.96. The number of nitrogens with zero attached hydrogens (tertiary/aromatic N) is 1. The van der Waals surface area contributed by atoms with Crippen molar-refractivity contribution in [3.05, 3.63) is 59.4 Å². The predicted molar refractivity (Wildman–Crippen MR) is 99.4 cm³/mol. The van der Waals surface area contributed by atoms with E-state index in [0.29, 0.717) is 23.1 Å². The minimum atomic E-state index is -0.844. The summed E-state index contributed by atoms with van der Waals surface area (Å²) < 4.78 is 41.1. The molecule has 2 amide bonds. The molecular weight excluding hydrogens is 389 g/mol. The Morgan fingerprint density at radius 2 is 1.96 bits per heavy atom. The summed E-state index contributed by atoms with van der Waals surface area (Å²) in [6.45, 7) is 0.0185. The molecule has 8 heteroatoms. The van der Waals surface area contributed by atoms with E-state index in [-0.39, 0.29) is 36.4 Å². The molecule has 2 aliphatic rings. The Kier molecular flexibility index (Phi) is 5.05. The van der Waals surface area contributed by atoms with Crippen molar-refractivity contribution in [2.75, 3.05) is 17.2 Å². The minimum absolute atomic E-state index is 0.0185. The van der Waals surface area contributed by atoms with E-state index in [0.717, 1.165) is 11.6 Å². The SMILES string of the molecule is O=C(NC1CCSc2c(F)cccc21)C1CC(=O)N(c2ccc(F)cc2F)C1. The summed E-state index contributed by atoms with van der Waals surface area (Å²) >= 11 is 1.42. The normalized spacial score (nSPS) is 21.5. The van der Waals surface area contributed by atoms with Gasteiger partial charge in [0.2, 0.25) is 11.8 Å². The van der Waals surface area contributed by atoms with Gasteiger partial charge in [0.25, 0.3) is 0 Å². The predicted octanol–water partition coefficient (Wildman–Crippen LogP) is 3.81. The van der Waals surface area contributed by atoms with E-state index >= 15 is 0 Å². The standard InChI is InChI=1S/C20H17F3N2O2S/c21-12-4-5-17(15(23)9-12)25-10-11(8-18(25)26)20(27)24-16-6-7-28-19-13(16)2-1-3-14(19)22/h1-5,9,11,16H,6-8,10H2,(H,24,27). The monoisotopic (exact) mass is 406 g/mol. The molecule has 0 aliphatic carbocycles. The largest absolute Gasteiger partial charge is 0.349 e. The highest BCUT2D eigenvalue weighted by atomic mass is 32.2. The third kappa shape index (κ3) is 3.48. The Morgan fingerprint density at radius 1 is 1.14 bits per heavy atom.